The van der Waals surface area contributed by atoms with Crippen LogP contribution in [0.25, 0.3) is 0 Å². The van der Waals surface area contributed by atoms with Gasteiger partial charge in [-0.25, -0.2) is 0 Å². The summed E-state index contributed by atoms with van der Waals surface area (Å²) in [6, 6.07) is 3.81. The second-order valence-corrected chi connectivity index (χ2v) is 5.09. The minimum Gasteiger partial charge on any atom is -0.476 e. The largest absolute Gasteiger partial charge is 0.476 e. The third kappa shape index (κ3) is 4.27. The molecule has 2 N–H and O–H groups in total. The number of nitrogens with zero attached hydrogens (tertiary/aromatic N) is 2. The SMILES string of the molecule is CCOCCN(CC)c1ccc(N)c(OCC2CC2)n1. The maximum Gasteiger partial charge on any atom is 0.239 e. The predicted molar refractivity (Wildman–Crippen MR) is 81.2 cm³/mol. The normalized spacial score (nSPS) is 14.3. The summed E-state index contributed by atoms with van der Waals surface area (Å²) in [7, 11) is 0. The van der Waals surface area contributed by atoms with E-state index in [0.717, 1.165) is 32.1 Å². The molecule has 0 saturated heterocycles. The number of likely N-dealkylation sites (N-methyl/N-ethyl adjacent to an activating group) is 1. The molecule has 1 aliphatic carbocycles. The van der Waals surface area contributed by atoms with Crippen LogP contribution in [0, 0.1) is 5.92 Å². The smallest absolute Gasteiger partial charge is 0.239 e. The van der Waals surface area contributed by atoms with Gasteiger partial charge in [0.05, 0.1) is 18.9 Å². The van der Waals surface area contributed by atoms with Crippen molar-refractivity contribution in [3.05, 3.63) is 12.1 Å². The van der Waals surface area contributed by atoms with E-state index < -0.39 is 0 Å². The Morgan fingerprint density at radius 1 is 1.35 bits per heavy atom. The van der Waals surface area contributed by atoms with Crippen molar-refractivity contribution in [1.29, 1.82) is 0 Å². The average Bonchev–Trinajstić information content (AvgIpc) is 3.27. The van der Waals surface area contributed by atoms with Gasteiger partial charge in [-0.3, -0.25) is 0 Å². The molecule has 1 fully saturated rings. The molecule has 1 heterocycles. The first-order valence-corrected chi connectivity index (χ1v) is 7.46. The molecule has 0 aliphatic heterocycles. The Kier molecular flexibility index (Phi) is 5.47. The molecular formula is C15H25N3O2. The summed E-state index contributed by atoms with van der Waals surface area (Å²) >= 11 is 0. The van der Waals surface area contributed by atoms with E-state index in [0.29, 0.717) is 24.1 Å². The Morgan fingerprint density at radius 3 is 2.80 bits per heavy atom. The highest BCUT2D eigenvalue weighted by molar-refractivity contribution is 5.54. The van der Waals surface area contributed by atoms with Crippen LogP contribution in [0.2, 0.25) is 0 Å². The van der Waals surface area contributed by atoms with Crippen LogP contribution in [0.15, 0.2) is 12.1 Å². The molecule has 20 heavy (non-hydrogen) atoms. The topological polar surface area (TPSA) is 60.6 Å². The van der Waals surface area contributed by atoms with Crippen LogP contribution in [0.5, 0.6) is 5.88 Å². The summed E-state index contributed by atoms with van der Waals surface area (Å²) in [6.07, 6.45) is 2.52. The fraction of sp³-hybridized carbons (Fsp3) is 0.667. The highest BCUT2D eigenvalue weighted by Crippen LogP contribution is 2.31. The highest BCUT2D eigenvalue weighted by Gasteiger charge is 2.22. The van der Waals surface area contributed by atoms with E-state index in [2.05, 4.69) is 16.8 Å². The van der Waals surface area contributed by atoms with Crippen molar-refractivity contribution < 1.29 is 9.47 Å². The summed E-state index contributed by atoms with van der Waals surface area (Å²) in [6.45, 7) is 7.98. The molecule has 1 aromatic rings. The number of pyridine rings is 1. The van der Waals surface area contributed by atoms with E-state index >= 15 is 0 Å². The lowest BCUT2D eigenvalue weighted by Gasteiger charge is -2.22. The van der Waals surface area contributed by atoms with Gasteiger partial charge in [-0.15, -0.1) is 0 Å². The van der Waals surface area contributed by atoms with Gasteiger partial charge in [0.1, 0.15) is 5.82 Å². The van der Waals surface area contributed by atoms with Crippen LogP contribution < -0.4 is 15.4 Å². The van der Waals surface area contributed by atoms with Gasteiger partial charge in [-0.05, 0) is 44.7 Å². The number of aromatic nitrogens is 1. The van der Waals surface area contributed by atoms with E-state index in [9.17, 15) is 0 Å². The van der Waals surface area contributed by atoms with E-state index in [1.165, 1.54) is 12.8 Å². The van der Waals surface area contributed by atoms with Gasteiger partial charge in [-0.1, -0.05) is 0 Å². The number of hydrogen-bond donors (Lipinski definition) is 1. The molecule has 0 spiro atoms. The standard InChI is InChI=1S/C15H25N3O2/c1-3-18(9-10-19-4-2)14-8-7-13(16)15(17-14)20-11-12-5-6-12/h7-8,12H,3-6,9-11,16H2,1-2H3. The van der Waals surface area contributed by atoms with Gasteiger partial charge in [0, 0.05) is 19.7 Å². The molecule has 0 aromatic carbocycles. The molecule has 5 heteroatoms. The number of nitrogen functional groups attached to an aromatic ring is 1. The van der Waals surface area contributed by atoms with Gasteiger partial charge < -0.3 is 20.1 Å². The summed E-state index contributed by atoms with van der Waals surface area (Å²) < 4.78 is 11.1. The second kappa shape index (κ2) is 7.33. The van der Waals surface area contributed by atoms with E-state index in [-0.39, 0.29) is 0 Å². The van der Waals surface area contributed by atoms with E-state index in [1.54, 1.807) is 0 Å². The van der Waals surface area contributed by atoms with Gasteiger partial charge in [0.15, 0.2) is 0 Å². The Balaban J connectivity index is 1.99. The Labute approximate surface area is 121 Å². The molecule has 5 nitrogen and oxygen atoms in total. The van der Waals surface area contributed by atoms with Crippen molar-refractivity contribution in [2.45, 2.75) is 26.7 Å². The zero-order chi connectivity index (χ0) is 14.4. The quantitative estimate of drug-likeness (QED) is 0.703. The van der Waals surface area contributed by atoms with Crippen LogP contribution >= 0.6 is 0 Å². The molecule has 112 valence electrons. The van der Waals surface area contributed by atoms with Crippen molar-refractivity contribution in [3.8, 4) is 5.88 Å². The second-order valence-electron chi connectivity index (χ2n) is 5.09. The molecule has 2 rings (SSSR count). The number of rotatable bonds is 9. The zero-order valence-corrected chi connectivity index (χ0v) is 12.5. The molecule has 1 aliphatic rings. The predicted octanol–water partition coefficient (Wildman–Crippen LogP) is 2.32. The molecule has 0 radical (unpaired) electrons. The highest BCUT2D eigenvalue weighted by atomic mass is 16.5. The maximum absolute atomic E-state index is 5.93. The van der Waals surface area contributed by atoms with Crippen LogP contribution in [-0.2, 0) is 4.74 Å². The zero-order valence-electron chi connectivity index (χ0n) is 12.5. The summed E-state index contributed by atoms with van der Waals surface area (Å²) in [4.78, 5) is 6.71. The molecule has 1 saturated carbocycles. The fourth-order valence-electron chi connectivity index (χ4n) is 1.97. The molecule has 1 aromatic heterocycles. The monoisotopic (exact) mass is 279 g/mol. The molecule has 0 bridgehead atoms. The van der Waals surface area contributed by atoms with Crippen LogP contribution in [-0.4, -0.2) is 37.9 Å². The van der Waals surface area contributed by atoms with Crippen molar-refractivity contribution >= 4 is 11.5 Å². The number of anilines is 2. The lowest BCUT2D eigenvalue weighted by atomic mass is 10.3. The Bertz CT molecular complexity index is 422. The van der Waals surface area contributed by atoms with Crippen molar-refractivity contribution in [2.24, 2.45) is 5.92 Å². The fourth-order valence-corrected chi connectivity index (χ4v) is 1.97. The maximum atomic E-state index is 5.93. The van der Waals surface area contributed by atoms with Gasteiger partial charge >= 0.3 is 0 Å². The number of nitrogens with two attached hydrogens (primary N) is 1. The van der Waals surface area contributed by atoms with Crippen LogP contribution in [0.4, 0.5) is 11.5 Å². The van der Waals surface area contributed by atoms with Crippen molar-refractivity contribution in [3.63, 3.8) is 0 Å². The summed E-state index contributed by atoms with van der Waals surface area (Å²) in [5.41, 5.74) is 6.54. The van der Waals surface area contributed by atoms with E-state index in [4.69, 9.17) is 15.2 Å². The van der Waals surface area contributed by atoms with Crippen LogP contribution in [0.3, 0.4) is 0 Å². The van der Waals surface area contributed by atoms with E-state index in [1.807, 2.05) is 19.1 Å². The average molecular weight is 279 g/mol. The van der Waals surface area contributed by atoms with Gasteiger partial charge in [-0.2, -0.15) is 4.98 Å². The third-order valence-electron chi connectivity index (χ3n) is 3.44. The first-order chi connectivity index (χ1) is 9.74. The lowest BCUT2D eigenvalue weighted by Crippen LogP contribution is -2.28. The summed E-state index contributed by atoms with van der Waals surface area (Å²) in [5.74, 6) is 2.15. The lowest BCUT2D eigenvalue weighted by molar-refractivity contribution is 0.154. The van der Waals surface area contributed by atoms with Gasteiger partial charge in [0.2, 0.25) is 5.88 Å². The molecule has 0 atom stereocenters. The molecule has 0 amide bonds. The molecular weight excluding hydrogens is 254 g/mol. The third-order valence-corrected chi connectivity index (χ3v) is 3.44. The first kappa shape index (κ1) is 14.9. The van der Waals surface area contributed by atoms with Crippen molar-refractivity contribution in [2.75, 3.05) is 43.5 Å². The Morgan fingerprint density at radius 2 is 2.15 bits per heavy atom. The minimum absolute atomic E-state index is 0.559. The molecule has 0 unspecified atom stereocenters. The first-order valence-electron chi connectivity index (χ1n) is 7.46. The Hall–Kier alpha value is -1.49. The number of ether oxygens (including phenoxy) is 2. The summed E-state index contributed by atoms with van der Waals surface area (Å²) in [5, 5.41) is 0. The number of hydrogen-bond acceptors (Lipinski definition) is 5. The van der Waals surface area contributed by atoms with Gasteiger partial charge in [0.25, 0.3) is 0 Å². The minimum atomic E-state index is 0.559. The van der Waals surface area contributed by atoms with Crippen molar-refractivity contribution in [1.82, 2.24) is 4.98 Å². The van der Waals surface area contributed by atoms with Crippen LogP contribution in [0.1, 0.15) is 26.7 Å².